The number of amides is 1. The van der Waals surface area contributed by atoms with Crippen molar-refractivity contribution in [3.05, 3.63) is 65.4 Å². The number of carbonyl (C=O) groups excluding carboxylic acids is 1. The van der Waals surface area contributed by atoms with Crippen molar-refractivity contribution in [2.75, 3.05) is 0 Å². The zero-order valence-corrected chi connectivity index (χ0v) is 14.2. The summed E-state index contributed by atoms with van der Waals surface area (Å²) in [5.74, 6) is -1.71. The lowest BCUT2D eigenvalue weighted by Gasteiger charge is -2.18. The number of hydrogen-bond donors (Lipinski definition) is 2. The van der Waals surface area contributed by atoms with Crippen molar-refractivity contribution in [2.45, 2.75) is 10.6 Å². The molecule has 1 atom stereocenters. The molecule has 2 heterocycles. The van der Waals surface area contributed by atoms with Crippen molar-refractivity contribution < 1.29 is 18.9 Å². The first-order valence-corrected chi connectivity index (χ1v) is 9.02. The summed E-state index contributed by atoms with van der Waals surface area (Å²) in [6.45, 7) is 0. The number of primary amides is 1. The highest BCUT2D eigenvalue weighted by Gasteiger charge is 2.31. The molecule has 0 saturated carbocycles. The van der Waals surface area contributed by atoms with Gasteiger partial charge in [-0.05, 0) is 24.3 Å². The number of carboxylic acids is 1. The summed E-state index contributed by atoms with van der Waals surface area (Å²) < 4.78 is 14.0. The molecule has 3 N–H and O–H groups in total. The number of nitrogens with zero attached hydrogens (tertiary/aromatic N) is 2. The Labute approximate surface area is 150 Å². The van der Waals surface area contributed by atoms with Gasteiger partial charge < -0.3 is 10.8 Å². The normalized spacial score (nSPS) is 15.2. The van der Waals surface area contributed by atoms with Crippen LogP contribution in [0.5, 0.6) is 0 Å². The van der Waals surface area contributed by atoms with E-state index < -0.39 is 22.7 Å². The van der Waals surface area contributed by atoms with Crippen LogP contribution in [-0.4, -0.2) is 31.0 Å². The van der Waals surface area contributed by atoms with E-state index in [2.05, 4.69) is 5.10 Å². The minimum absolute atomic E-state index is 0.0729. The van der Waals surface area contributed by atoms with Gasteiger partial charge in [0.1, 0.15) is 0 Å². The van der Waals surface area contributed by atoms with Crippen LogP contribution in [0.3, 0.4) is 0 Å². The summed E-state index contributed by atoms with van der Waals surface area (Å²) in [5, 5.41) is 13.8. The fraction of sp³-hybridized carbons (Fsp3) is 0.0556. The Hall–Kier alpha value is -3.26. The lowest BCUT2D eigenvalue weighted by Crippen LogP contribution is -2.12. The molecule has 26 heavy (non-hydrogen) atoms. The highest BCUT2D eigenvalue weighted by Crippen LogP contribution is 2.38. The van der Waals surface area contributed by atoms with Crippen molar-refractivity contribution in [3.63, 3.8) is 0 Å². The number of carbonyl (C=O) groups is 2. The van der Waals surface area contributed by atoms with E-state index >= 15 is 0 Å². The van der Waals surface area contributed by atoms with Gasteiger partial charge in [0.15, 0.2) is 5.69 Å². The third-order valence-corrected chi connectivity index (χ3v) is 5.62. The van der Waals surface area contributed by atoms with Gasteiger partial charge in [0, 0.05) is 21.6 Å². The fourth-order valence-corrected chi connectivity index (χ4v) is 4.41. The Balaban J connectivity index is 2.04. The van der Waals surface area contributed by atoms with Crippen molar-refractivity contribution in [1.82, 2.24) is 9.78 Å². The van der Waals surface area contributed by atoms with Crippen molar-refractivity contribution in [3.8, 4) is 16.9 Å². The number of aromatic nitrogens is 2. The number of fused-ring (bicyclic) bond motifs is 3. The van der Waals surface area contributed by atoms with Crippen LogP contribution in [0.1, 0.15) is 26.4 Å². The van der Waals surface area contributed by atoms with E-state index in [0.717, 1.165) is 0 Å². The lowest BCUT2D eigenvalue weighted by atomic mass is 10.1. The largest absolute Gasteiger partial charge is 0.476 e. The molecule has 1 aromatic heterocycles. The lowest BCUT2D eigenvalue weighted by molar-refractivity contribution is 0.0689. The maximum absolute atomic E-state index is 12.5. The Morgan fingerprint density at radius 3 is 2.65 bits per heavy atom. The number of benzene rings is 2. The number of rotatable bonds is 3. The standard InChI is InChI=1S/C18H13N3O4S/c19-17(22)10-4-3-5-11(8-10)21-16-12-6-1-2-7-14(12)26(25)9-13(16)15(20-21)18(23)24/h1-8H,9H2,(H2,19,22)(H,23,24). The van der Waals surface area contributed by atoms with Crippen molar-refractivity contribution >= 4 is 22.7 Å². The zero-order valence-electron chi connectivity index (χ0n) is 13.4. The SMILES string of the molecule is NC(=O)c1cccc(-n2nc(C(=O)O)c3c2-c2ccccc2S(=O)C3)c1. The number of aromatic carboxylic acids is 1. The molecule has 0 fully saturated rings. The summed E-state index contributed by atoms with van der Waals surface area (Å²) in [7, 11) is -1.35. The van der Waals surface area contributed by atoms with Gasteiger partial charge in [0.25, 0.3) is 0 Å². The van der Waals surface area contributed by atoms with Gasteiger partial charge in [-0.1, -0.05) is 24.3 Å². The molecule has 130 valence electrons. The zero-order chi connectivity index (χ0) is 18.4. The first-order valence-electron chi connectivity index (χ1n) is 7.70. The molecule has 0 radical (unpaired) electrons. The third-order valence-electron chi connectivity index (χ3n) is 4.22. The Morgan fingerprint density at radius 2 is 1.92 bits per heavy atom. The molecular formula is C18H13N3O4S. The van der Waals surface area contributed by atoms with Gasteiger partial charge in [0.2, 0.25) is 5.91 Å². The van der Waals surface area contributed by atoms with Crippen LogP contribution < -0.4 is 5.73 Å². The molecule has 1 unspecified atom stereocenters. The van der Waals surface area contributed by atoms with Gasteiger partial charge >= 0.3 is 5.97 Å². The molecule has 3 aromatic rings. The van der Waals surface area contributed by atoms with Crippen LogP contribution in [-0.2, 0) is 16.6 Å². The Morgan fingerprint density at radius 1 is 1.15 bits per heavy atom. The second kappa shape index (κ2) is 5.92. The van der Waals surface area contributed by atoms with Crippen LogP contribution in [0.25, 0.3) is 16.9 Å². The molecule has 2 aromatic carbocycles. The number of carboxylic acid groups (broad SMARTS) is 1. The first-order chi connectivity index (χ1) is 12.5. The molecule has 1 amide bonds. The fourth-order valence-electron chi connectivity index (χ4n) is 3.08. The third kappa shape index (κ3) is 2.42. The molecular weight excluding hydrogens is 354 g/mol. The summed E-state index contributed by atoms with van der Waals surface area (Å²) in [6, 6.07) is 13.6. The van der Waals surface area contributed by atoms with Crippen LogP contribution in [0.15, 0.2) is 53.4 Å². The Bertz CT molecular complexity index is 1100. The Kier molecular flexibility index (Phi) is 3.69. The van der Waals surface area contributed by atoms with Crippen LogP contribution in [0.2, 0.25) is 0 Å². The van der Waals surface area contributed by atoms with E-state index in [1.807, 2.05) is 0 Å². The average molecular weight is 367 g/mol. The predicted molar refractivity (Wildman–Crippen MR) is 94.6 cm³/mol. The van der Waals surface area contributed by atoms with Crippen molar-refractivity contribution in [1.29, 1.82) is 0 Å². The molecule has 0 saturated heterocycles. The summed E-state index contributed by atoms with van der Waals surface area (Å²) in [5.41, 5.74) is 7.64. The smallest absolute Gasteiger partial charge is 0.356 e. The summed E-state index contributed by atoms with van der Waals surface area (Å²) in [4.78, 5) is 23.8. The van der Waals surface area contributed by atoms with E-state index in [-0.39, 0.29) is 17.0 Å². The predicted octanol–water partition coefficient (Wildman–Crippen LogP) is 1.96. The van der Waals surface area contributed by atoms with Crippen LogP contribution >= 0.6 is 0 Å². The van der Waals surface area contributed by atoms with Gasteiger partial charge in [-0.15, -0.1) is 0 Å². The highest BCUT2D eigenvalue weighted by molar-refractivity contribution is 7.84. The van der Waals surface area contributed by atoms with Crippen LogP contribution in [0, 0.1) is 0 Å². The minimum atomic E-state index is -1.35. The molecule has 4 rings (SSSR count). The molecule has 0 bridgehead atoms. The van der Waals surface area contributed by atoms with Gasteiger partial charge in [-0.2, -0.15) is 5.10 Å². The molecule has 8 heteroatoms. The quantitative estimate of drug-likeness (QED) is 0.734. The van der Waals surface area contributed by atoms with E-state index in [1.165, 1.54) is 4.68 Å². The molecule has 7 nitrogen and oxygen atoms in total. The first kappa shape index (κ1) is 16.2. The van der Waals surface area contributed by atoms with Crippen LogP contribution in [0.4, 0.5) is 0 Å². The van der Waals surface area contributed by atoms with Gasteiger partial charge in [-0.25, -0.2) is 9.48 Å². The number of hydrogen-bond acceptors (Lipinski definition) is 4. The monoisotopic (exact) mass is 367 g/mol. The van der Waals surface area contributed by atoms with Crippen molar-refractivity contribution in [2.24, 2.45) is 5.73 Å². The number of nitrogens with two attached hydrogens (primary N) is 1. The average Bonchev–Trinajstić information content (AvgIpc) is 3.02. The molecule has 1 aliphatic heterocycles. The summed E-state index contributed by atoms with van der Waals surface area (Å²) >= 11 is 0. The van der Waals surface area contributed by atoms with Gasteiger partial charge in [0.05, 0.1) is 27.9 Å². The maximum Gasteiger partial charge on any atom is 0.356 e. The highest BCUT2D eigenvalue weighted by atomic mass is 32.2. The summed E-state index contributed by atoms with van der Waals surface area (Å²) in [6.07, 6.45) is 0. The maximum atomic E-state index is 12.5. The second-order valence-corrected chi connectivity index (χ2v) is 7.21. The topological polar surface area (TPSA) is 115 Å². The van der Waals surface area contributed by atoms with Gasteiger partial charge in [-0.3, -0.25) is 9.00 Å². The van der Waals surface area contributed by atoms with E-state index in [4.69, 9.17) is 5.73 Å². The van der Waals surface area contributed by atoms with E-state index in [0.29, 0.717) is 27.4 Å². The molecule has 0 spiro atoms. The second-order valence-electron chi connectivity index (χ2n) is 5.79. The van der Waals surface area contributed by atoms with E-state index in [9.17, 15) is 18.9 Å². The molecule has 0 aliphatic carbocycles. The minimum Gasteiger partial charge on any atom is -0.476 e. The van der Waals surface area contributed by atoms with E-state index in [1.54, 1.807) is 48.5 Å². The molecule has 1 aliphatic rings.